The van der Waals surface area contributed by atoms with Crippen molar-refractivity contribution < 1.29 is 0 Å². The number of aromatic amines is 1. The van der Waals surface area contributed by atoms with Crippen molar-refractivity contribution in [3.05, 3.63) is 44.7 Å². The number of H-pyrrole nitrogens is 1. The Morgan fingerprint density at radius 2 is 2.09 bits per heavy atom. The van der Waals surface area contributed by atoms with Crippen molar-refractivity contribution in [2.75, 3.05) is 0 Å². The number of rotatable bonds is 2. The third-order valence-corrected chi connectivity index (χ3v) is 4.63. The molecule has 0 atom stereocenters. The molecule has 1 aliphatic carbocycles. The van der Waals surface area contributed by atoms with Gasteiger partial charge < -0.3 is 4.98 Å². The average molecular weight is 310 g/mol. The van der Waals surface area contributed by atoms with Crippen LogP contribution in [0.4, 0.5) is 0 Å². The Kier molecular flexibility index (Phi) is 3.07. The lowest BCUT2D eigenvalue weighted by atomic mass is 9.84. The first-order valence-corrected chi connectivity index (χ1v) is 8.01. The number of hydrogen-bond donors (Lipinski definition) is 1. The molecule has 1 aliphatic rings. The second-order valence-corrected chi connectivity index (χ2v) is 6.44. The Labute approximate surface area is 132 Å². The quantitative estimate of drug-likeness (QED) is 0.737. The molecule has 4 rings (SSSR count). The third-order valence-electron chi connectivity index (χ3n) is 4.63. The van der Waals surface area contributed by atoms with Crippen molar-refractivity contribution in [2.45, 2.75) is 45.1 Å². The first-order chi connectivity index (χ1) is 11.1. The van der Waals surface area contributed by atoms with Crippen LogP contribution in [-0.4, -0.2) is 19.5 Å². The maximum Gasteiger partial charge on any atom is 0.267 e. The molecule has 3 heterocycles. The van der Waals surface area contributed by atoms with Crippen molar-refractivity contribution in [3.63, 3.8) is 0 Å². The van der Waals surface area contributed by atoms with E-state index in [4.69, 9.17) is 0 Å². The first-order valence-electron chi connectivity index (χ1n) is 8.01. The third kappa shape index (κ3) is 2.01. The maximum absolute atomic E-state index is 13.0. The Morgan fingerprint density at radius 3 is 2.74 bits per heavy atom. The number of aromatic nitrogens is 4. The van der Waals surface area contributed by atoms with E-state index in [2.05, 4.69) is 15.0 Å². The fraction of sp³-hybridized carbons (Fsp3) is 0.412. The summed E-state index contributed by atoms with van der Waals surface area (Å²) in [6.07, 6.45) is 4.81. The van der Waals surface area contributed by atoms with Crippen molar-refractivity contribution in [1.29, 1.82) is 0 Å². The summed E-state index contributed by atoms with van der Waals surface area (Å²) in [6.45, 7) is 3.90. The molecule has 1 saturated carbocycles. The highest BCUT2D eigenvalue weighted by Crippen LogP contribution is 2.35. The number of fused-ring (bicyclic) bond motifs is 2. The lowest BCUT2D eigenvalue weighted by molar-refractivity contribution is 0.371. The van der Waals surface area contributed by atoms with Gasteiger partial charge in [-0.1, -0.05) is 6.42 Å². The lowest BCUT2D eigenvalue weighted by Gasteiger charge is -2.28. The monoisotopic (exact) mass is 310 g/mol. The molecular formula is C17H18N4O2. The molecule has 0 aromatic carbocycles. The van der Waals surface area contributed by atoms with Crippen LogP contribution in [0, 0.1) is 0 Å². The first kappa shape index (κ1) is 14.1. The summed E-state index contributed by atoms with van der Waals surface area (Å²) in [5.74, 6) is 1.10. The van der Waals surface area contributed by atoms with Gasteiger partial charge in [-0.2, -0.15) is 0 Å². The molecule has 118 valence electrons. The van der Waals surface area contributed by atoms with Gasteiger partial charge in [0.1, 0.15) is 22.4 Å². The van der Waals surface area contributed by atoms with E-state index < -0.39 is 0 Å². The van der Waals surface area contributed by atoms with E-state index in [1.165, 1.54) is 0 Å². The number of hydrogen-bond acceptors (Lipinski definition) is 4. The molecule has 0 aliphatic heterocycles. The van der Waals surface area contributed by atoms with E-state index in [0.717, 1.165) is 25.1 Å². The molecule has 6 nitrogen and oxygen atoms in total. The van der Waals surface area contributed by atoms with Gasteiger partial charge in [0.25, 0.3) is 5.56 Å². The van der Waals surface area contributed by atoms with Gasteiger partial charge in [-0.3, -0.25) is 19.1 Å². The summed E-state index contributed by atoms with van der Waals surface area (Å²) < 4.78 is 1.68. The molecule has 6 heteroatoms. The van der Waals surface area contributed by atoms with Crippen LogP contribution in [0.25, 0.3) is 22.1 Å². The lowest BCUT2D eigenvalue weighted by Crippen LogP contribution is -2.33. The van der Waals surface area contributed by atoms with E-state index >= 15 is 0 Å². The fourth-order valence-corrected chi connectivity index (χ4v) is 3.23. The summed E-state index contributed by atoms with van der Waals surface area (Å²) in [7, 11) is 0. The summed E-state index contributed by atoms with van der Waals surface area (Å²) in [5, 5.41) is 0.105. The SMILES string of the molecule is CC(C)n1c(C2CCC2)nc2[nH]c3cccnc3c(=O)c2c1=O. The van der Waals surface area contributed by atoms with Crippen molar-refractivity contribution in [3.8, 4) is 0 Å². The van der Waals surface area contributed by atoms with Gasteiger partial charge in [-0.15, -0.1) is 0 Å². The van der Waals surface area contributed by atoms with E-state index in [-0.39, 0.29) is 27.9 Å². The molecule has 3 aromatic heterocycles. The molecule has 23 heavy (non-hydrogen) atoms. The Morgan fingerprint density at radius 1 is 1.30 bits per heavy atom. The average Bonchev–Trinajstić information content (AvgIpc) is 2.45. The van der Waals surface area contributed by atoms with E-state index in [9.17, 15) is 9.59 Å². The molecule has 0 amide bonds. The minimum absolute atomic E-state index is 0.0335. The van der Waals surface area contributed by atoms with Gasteiger partial charge in [0.05, 0.1) is 5.52 Å². The zero-order valence-electron chi connectivity index (χ0n) is 13.2. The van der Waals surface area contributed by atoms with Crippen LogP contribution in [-0.2, 0) is 0 Å². The second kappa shape index (κ2) is 5.01. The van der Waals surface area contributed by atoms with Gasteiger partial charge in [0.2, 0.25) is 5.43 Å². The van der Waals surface area contributed by atoms with E-state index in [1.807, 2.05) is 13.8 Å². The summed E-state index contributed by atoms with van der Waals surface area (Å²) in [6, 6.07) is 3.50. The van der Waals surface area contributed by atoms with Gasteiger partial charge in [0.15, 0.2) is 0 Å². The molecule has 0 unspecified atom stereocenters. The zero-order chi connectivity index (χ0) is 16.1. The minimum Gasteiger partial charge on any atom is -0.337 e. The standard InChI is InChI=1S/C17H18N4O2/c1-9(2)21-16(10-5-3-6-10)20-15-12(17(21)23)14(22)13-11(19-15)7-4-8-18-13/h4,7-10H,3,5-6H2,1-2H3,(H,19,22). The molecule has 1 N–H and O–H groups in total. The van der Waals surface area contributed by atoms with Crippen LogP contribution < -0.4 is 11.0 Å². The fourth-order valence-electron chi connectivity index (χ4n) is 3.23. The van der Waals surface area contributed by atoms with E-state index in [1.54, 1.807) is 22.9 Å². The van der Waals surface area contributed by atoms with Crippen LogP contribution in [0.5, 0.6) is 0 Å². The normalized spacial score (nSPS) is 15.4. The van der Waals surface area contributed by atoms with Crippen LogP contribution in [0.1, 0.15) is 50.9 Å². The molecule has 0 radical (unpaired) electrons. The minimum atomic E-state index is -0.346. The summed E-state index contributed by atoms with van der Waals surface area (Å²) in [4.78, 5) is 37.6. The highest BCUT2D eigenvalue weighted by atomic mass is 16.1. The topological polar surface area (TPSA) is 80.6 Å². The summed E-state index contributed by atoms with van der Waals surface area (Å²) in [5.41, 5.74) is 0.658. The molecular weight excluding hydrogens is 292 g/mol. The van der Waals surface area contributed by atoms with Crippen LogP contribution in [0.3, 0.4) is 0 Å². The predicted molar refractivity (Wildman–Crippen MR) is 88.9 cm³/mol. The maximum atomic E-state index is 13.0. The number of pyridine rings is 2. The van der Waals surface area contributed by atoms with E-state index in [0.29, 0.717) is 17.1 Å². The van der Waals surface area contributed by atoms with Crippen molar-refractivity contribution in [1.82, 2.24) is 19.5 Å². The molecule has 0 spiro atoms. The largest absolute Gasteiger partial charge is 0.337 e. The number of nitrogens with one attached hydrogen (secondary N) is 1. The van der Waals surface area contributed by atoms with Gasteiger partial charge in [-0.25, -0.2) is 4.98 Å². The van der Waals surface area contributed by atoms with Gasteiger partial charge in [0, 0.05) is 18.2 Å². The molecule has 0 saturated heterocycles. The van der Waals surface area contributed by atoms with Crippen LogP contribution in [0.15, 0.2) is 27.9 Å². The zero-order valence-corrected chi connectivity index (χ0v) is 13.2. The number of nitrogens with zero attached hydrogens (tertiary/aromatic N) is 3. The molecule has 0 bridgehead atoms. The van der Waals surface area contributed by atoms with Gasteiger partial charge >= 0.3 is 0 Å². The summed E-state index contributed by atoms with van der Waals surface area (Å²) >= 11 is 0. The highest BCUT2D eigenvalue weighted by Gasteiger charge is 2.27. The van der Waals surface area contributed by atoms with Crippen LogP contribution >= 0.6 is 0 Å². The van der Waals surface area contributed by atoms with Crippen molar-refractivity contribution >= 4 is 22.1 Å². The molecule has 1 fully saturated rings. The Hall–Kier alpha value is -2.50. The Balaban J connectivity index is 2.17. The smallest absolute Gasteiger partial charge is 0.267 e. The second-order valence-electron chi connectivity index (χ2n) is 6.44. The Bertz CT molecular complexity index is 1030. The predicted octanol–water partition coefficient (Wildman–Crippen LogP) is 2.48. The molecule has 3 aromatic rings. The van der Waals surface area contributed by atoms with Crippen molar-refractivity contribution in [2.24, 2.45) is 0 Å². The highest BCUT2D eigenvalue weighted by molar-refractivity contribution is 5.87. The van der Waals surface area contributed by atoms with Crippen LogP contribution in [0.2, 0.25) is 0 Å². The van der Waals surface area contributed by atoms with Gasteiger partial charge in [-0.05, 0) is 38.8 Å².